The molecule has 1 aliphatic rings. The quantitative estimate of drug-likeness (QED) is 0.285. The molecule has 1 aliphatic heterocycles. The van der Waals surface area contributed by atoms with Gasteiger partial charge in [0.05, 0.1) is 19.6 Å². The number of nitrogens with zero attached hydrogens (tertiary/aromatic N) is 5. The van der Waals surface area contributed by atoms with Gasteiger partial charge >= 0.3 is 12.1 Å². The topological polar surface area (TPSA) is 203 Å². The minimum absolute atomic E-state index is 0.0351. The van der Waals surface area contributed by atoms with Crippen LogP contribution < -0.4 is 16.0 Å². The van der Waals surface area contributed by atoms with E-state index in [0.717, 1.165) is 4.90 Å². The number of carbonyl (C=O) groups excluding carboxylic acids is 4. The second kappa shape index (κ2) is 10.3. The molecule has 3 atom stereocenters. The van der Waals surface area contributed by atoms with Gasteiger partial charge in [-0.3, -0.25) is 14.4 Å². The molecule has 6 amide bonds. The molecule has 31 heavy (non-hydrogen) atoms. The second-order valence-electron chi connectivity index (χ2n) is 7.02. The highest BCUT2D eigenvalue weighted by molar-refractivity contribution is 6.03. The first-order valence-corrected chi connectivity index (χ1v) is 9.50. The van der Waals surface area contributed by atoms with E-state index in [9.17, 15) is 24.0 Å². The monoisotopic (exact) mass is 439 g/mol. The van der Waals surface area contributed by atoms with Gasteiger partial charge in [0.1, 0.15) is 12.1 Å². The molecule has 170 valence electrons. The Morgan fingerprint density at radius 2 is 2.00 bits per heavy atom. The maximum atomic E-state index is 12.6. The van der Waals surface area contributed by atoms with Gasteiger partial charge in [-0.15, -0.1) is 10.2 Å². The lowest BCUT2D eigenvalue weighted by atomic mass is 9.98. The number of imide groups is 1. The van der Waals surface area contributed by atoms with Crippen molar-refractivity contribution in [3.05, 3.63) is 5.82 Å². The number of aromatic amines is 1. The van der Waals surface area contributed by atoms with Gasteiger partial charge in [-0.2, -0.15) is 5.21 Å². The number of hydrogen-bond acceptors (Lipinski definition) is 8. The van der Waals surface area contributed by atoms with Crippen LogP contribution in [0, 0.1) is 5.92 Å². The summed E-state index contributed by atoms with van der Waals surface area (Å²) >= 11 is 0. The van der Waals surface area contributed by atoms with Crippen molar-refractivity contribution in [2.45, 2.75) is 38.9 Å². The molecule has 0 saturated carbocycles. The number of rotatable bonds is 9. The fourth-order valence-corrected chi connectivity index (χ4v) is 2.95. The van der Waals surface area contributed by atoms with E-state index >= 15 is 0 Å². The Morgan fingerprint density at radius 1 is 1.29 bits per heavy atom. The molecule has 1 unspecified atom stereocenters. The number of carbonyl (C=O) groups is 5. The van der Waals surface area contributed by atoms with Crippen LogP contribution in [0.4, 0.5) is 9.59 Å². The third-order valence-corrected chi connectivity index (χ3v) is 4.86. The summed E-state index contributed by atoms with van der Waals surface area (Å²) in [7, 11) is 1.43. The van der Waals surface area contributed by atoms with E-state index < -0.39 is 48.5 Å². The lowest BCUT2D eigenvalue weighted by Crippen LogP contribution is -2.54. The second-order valence-corrected chi connectivity index (χ2v) is 7.02. The van der Waals surface area contributed by atoms with Crippen molar-refractivity contribution in [3.63, 3.8) is 0 Å². The first-order valence-electron chi connectivity index (χ1n) is 9.50. The predicted molar refractivity (Wildman–Crippen MR) is 102 cm³/mol. The number of carboxylic acid groups (broad SMARTS) is 1. The minimum Gasteiger partial charge on any atom is -0.465 e. The molecular weight excluding hydrogens is 414 g/mol. The number of urea groups is 1. The molecule has 1 fully saturated rings. The van der Waals surface area contributed by atoms with Crippen molar-refractivity contribution in [3.8, 4) is 0 Å². The molecule has 2 heterocycles. The summed E-state index contributed by atoms with van der Waals surface area (Å²) < 4.78 is 0. The van der Waals surface area contributed by atoms with Crippen molar-refractivity contribution in [2.75, 3.05) is 20.1 Å². The summed E-state index contributed by atoms with van der Waals surface area (Å²) in [6.07, 6.45) is -0.855. The maximum Gasteiger partial charge on any atom is 0.405 e. The van der Waals surface area contributed by atoms with Gasteiger partial charge in [0.15, 0.2) is 5.82 Å². The Morgan fingerprint density at radius 3 is 2.58 bits per heavy atom. The Hall–Kier alpha value is -3.78. The van der Waals surface area contributed by atoms with Gasteiger partial charge in [-0.1, -0.05) is 25.5 Å². The third-order valence-electron chi connectivity index (χ3n) is 4.86. The molecular formula is C16H25N9O6. The predicted octanol–water partition coefficient (Wildman–Crippen LogP) is -2.12. The lowest BCUT2D eigenvalue weighted by molar-refractivity contribution is -0.136. The SMILES string of the molecule is CC[C@H](C)[C@H](NC(=O)O)C(=O)NCC(=O)N1C(=O)N(C)CC1C(=O)NCc1nn[nH]n1. The van der Waals surface area contributed by atoms with Crippen LogP contribution in [-0.4, -0.2) is 97.6 Å². The van der Waals surface area contributed by atoms with Gasteiger partial charge in [-0.25, -0.2) is 14.5 Å². The number of amides is 6. The molecule has 15 heteroatoms. The van der Waals surface area contributed by atoms with E-state index in [1.807, 2.05) is 0 Å². The molecule has 1 aromatic heterocycles. The summed E-state index contributed by atoms with van der Waals surface area (Å²) in [4.78, 5) is 62.8. The van der Waals surface area contributed by atoms with Crippen LogP contribution in [0.25, 0.3) is 0 Å². The summed E-state index contributed by atoms with van der Waals surface area (Å²) in [5, 5.41) is 28.9. The van der Waals surface area contributed by atoms with Crippen LogP contribution in [0.3, 0.4) is 0 Å². The van der Waals surface area contributed by atoms with Crippen LogP contribution in [0.15, 0.2) is 0 Å². The summed E-state index contributed by atoms with van der Waals surface area (Å²) in [5.74, 6) is -2.22. The number of nitrogens with one attached hydrogen (secondary N) is 4. The zero-order valence-corrected chi connectivity index (χ0v) is 17.3. The molecule has 2 rings (SSSR count). The van der Waals surface area contributed by atoms with Crippen molar-refractivity contribution < 1.29 is 29.1 Å². The van der Waals surface area contributed by atoms with E-state index in [1.54, 1.807) is 13.8 Å². The lowest BCUT2D eigenvalue weighted by Gasteiger charge is -2.24. The van der Waals surface area contributed by atoms with Crippen LogP contribution in [-0.2, 0) is 20.9 Å². The molecule has 1 saturated heterocycles. The van der Waals surface area contributed by atoms with Gasteiger partial charge < -0.3 is 26.0 Å². The first-order chi connectivity index (χ1) is 14.6. The Balaban J connectivity index is 2.01. The smallest absolute Gasteiger partial charge is 0.405 e. The highest BCUT2D eigenvalue weighted by Gasteiger charge is 2.43. The number of hydrogen-bond donors (Lipinski definition) is 5. The Kier molecular flexibility index (Phi) is 7.81. The molecule has 0 aromatic carbocycles. The summed E-state index contributed by atoms with van der Waals surface area (Å²) in [5.41, 5.74) is 0. The van der Waals surface area contributed by atoms with Crippen LogP contribution in [0.2, 0.25) is 0 Å². The molecule has 0 aliphatic carbocycles. The molecule has 5 N–H and O–H groups in total. The van der Waals surface area contributed by atoms with E-state index in [0.29, 0.717) is 6.42 Å². The molecule has 0 bridgehead atoms. The first kappa shape index (κ1) is 23.5. The van der Waals surface area contributed by atoms with E-state index in [2.05, 4.69) is 36.6 Å². The highest BCUT2D eigenvalue weighted by Crippen LogP contribution is 2.15. The van der Waals surface area contributed by atoms with Crippen LogP contribution >= 0.6 is 0 Å². The van der Waals surface area contributed by atoms with Crippen molar-refractivity contribution in [2.24, 2.45) is 5.92 Å². The van der Waals surface area contributed by atoms with E-state index in [4.69, 9.17) is 5.11 Å². The van der Waals surface area contributed by atoms with Crippen LogP contribution in [0.1, 0.15) is 26.1 Å². The fraction of sp³-hybridized carbons (Fsp3) is 0.625. The maximum absolute atomic E-state index is 12.6. The summed E-state index contributed by atoms with van der Waals surface area (Å²) in [6.45, 7) is 2.80. The molecule has 0 radical (unpaired) electrons. The number of likely N-dealkylation sites (N-methyl/N-ethyl adjacent to an activating group) is 1. The van der Waals surface area contributed by atoms with Crippen molar-refractivity contribution in [1.82, 2.24) is 46.4 Å². The zero-order chi connectivity index (χ0) is 23.1. The standard InChI is InChI=1S/C16H25N9O6/c1-4-8(2)12(19-15(29)30)14(28)18-6-11(26)25-9(7-24(3)16(25)31)13(27)17-5-10-20-22-23-21-10/h8-9,12,19H,4-7H2,1-3H3,(H,17,27)(H,18,28)(H,29,30)(H,20,21,22,23)/t8-,9?,12-/m0/s1. The van der Waals surface area contributed by atoms with E-state index in [1.165, 1.54) is 11.9 Å². The molecule has 0 spiro atoms. The number of H-pyrrole nitrogens is 1. The Bertz CT molecular complexity index is 830. The number of tetrazole rings is 1. The highest BCUT2D eigenvalue weighted by atomic mass is 16.4. The minimum atomic E-state index is -1.37. The molecule has 1 aromatic rings. The van der Waals surface area contributed by atoms with Crippen molar-refractivity contribution >= 4 is 29.8 Å². The largest absolute Gasteiger partial charge is 0.465 e. The van der Waals surface area contributed by atoms with Crippen LogP contribution in [0.5, 0.6) is 0 Å². The van der Waals surface area contributed by atoms with Gasteiger partial charge in [0, 0.05) is 7.05 Å². The number of aromatic nitrogens is 4. The normalized spacial score (nSPS) is 17.8. The zero-order valence-electron chi connectivity index (χ0n) is 17.3. The summed E-state index contributed by atoms with van der Waals surface area (Å²) in [6, 6.07) is -2.88. The van der Waals surface area contributed by atoms with Gasteiger partial charge in [0.25, 0.3) is 5.91 Å². The van der Waals surface area contributed by atoms with Crippen molar-refractivity contribution in [1.29, 1.82) is 0 Å². The van der Waals surface area contributed by atoms with E-state index in [-0.39, 0.29) is 24.8 Å². The average Bonchev–Trinajstić information content (AvgIpc) is 3.35. The van der Waals surface area contributed by atoms with Gasteiger partial charge in [0.2, 0.25) is 11.8 Å². The van der Waals surface area contributed by atoms with Gasteiger partial charge in [-0.05, 0) is 5.92 Å². The Labute approximate surface area is 176 Å². The average molecular weight is 439 g/mol. The molecule has 15 nitrogen and oxygen atoms in total. The third kappa shape index (κ3) is 5.86. The fourth-order valence-electron chi connectivity index (χ4n) is 2.95.